The number of ether oxygens (including phenoxy) is 4. The van der Waals surface area contributed by atoms with Gasteiger partial charge in [0.1, 0.15) is 23.0 Å². The second kappa shape index (κ2) is 14.7. The van der Waals surface area contributed by atoms with Gasteiger partial charge in [-0.15, -0.1) is 0 Å². The second-order valence-electron chi connectivity index (χ2n) is 8.32. The lowest BCUT2D eigenvalue weighted by molar-refractivity contribution is -0.0475. The zero-order valence-electron chi connectivity index (χ0n) is 21.9. The highest BCUT2D eigenvalue weighted by atomic mass is 35.5. The van der Waals surface area contributed by atoms with Crippen molar-refractivity contribution in [3.05, 3.63) is 86.9 Å². The van der Waals surface area contributed by atoms with Crippen LogP contribution in [0.1, 0.15) is 20.7 Å². The first kappa shape index (κ1) is 33.1. The molecule has 0 aromatic heterocycles. The van der Waals surface area contributed by atoms with Gasteiger partial charge in [-0.25, -0.2) is 14.0 Å². The van der Waals surface area contributed by atoms with E-state index in [4.69, 9.17) is 63.3 Å². The van der Waals surface area contributed by atoms with Crippen LogP contribution in [-0.2, 0) is 23.8 Å². The molecule has 0 saturated heterocycles. The van der Waals surface area contributed by atoms with E-state index in [1.54, 1.807) is 0 Å². The van der Waals surface area contributed by atoms with Crippen LogP contribution < -0.4 is 9.47 Å². The summed E-state index contributed by atoms with van der Waals surface area (Å²) in [6.07, 6.45) is -6.21. The van der Waals surface area contributed by atoms with Crippen molar-refractivity contribution in [3.8, 4) is 11.5 Å². The number of methoxy groups -OCH3 is 2. The molecule has 1 N–H and O–H groups in total. The average Bonchev–Trinajstić information content (AvgIpc) is 2.99. The number of benzene rings is 3. The SMILES string of the molecule is COc1ccc(C(=O)OC[C@@H](OS(=O)(=O)c2cc(Cl)c(Cl)cc2Cl)[C@@H](OC(=O)c2ccc(OC)cc2)[C@H](F)C=N)cc1. The van der Waals surface area contributed by atoms with Crippen LogP contribution >= 0.6 is 34.8 Å². The lowest BCUT2D eigenvalue weighted by Crippen LogP contribution is -2.45. The van der Waals surface area contributed by atoms with Crippen LogP contribution in [0.5, 0.6) is 11.5 Å². The highest BCUT2D eigenvalue weighted by molar-refractivity contribution is 7.87. The summed E-state index contributed by atoms with van der Waals surface area (Å²) in [5, 5.41) is 6.80. The van der Waals surface area contributed by atoms with Crippen molar-refractivity contribution >= 4 is 63.1 Å². The van der Waals surface area contributed by atoms with Crippen LogP contribution in [0.3, 0.4) is 0 Å². The summed E-state index contributed by atoms with van der Waals surface area (Å²) in [6, 6.07) is 13.2. The van der Waals surface area contributed by atoms with Crippen molar-refractivity contribution in [1.82, 2.24) is 0 Å². The average molecular weight is 663 g/mol. The minimum absolute atomic E-state index is 0.0422. The molecule has 15 heteroatoms. The third-order valence-corrected chi connectivity index (χ3v) is 8.13. The predicted octanol–water partition coefficient (Wildman–Crippen LogP) is 5.81. The smallest absolute Gasteiger partial charge is 0.338 e. The molecule has 0 heterocycles. The molecule has 3 atom stereocenters. The Morgan fingerprint density at radius 2 is 1.36 bits per heavy atom. The van der Waals surface area contributed by atoms with Crippen LogP contribution in [0, 0.1) is 5.41 Å². The molecule has 3 aromatic rings. The largest absolute Gasteiger partial charge is 0.497 e. The van der Waals surface area contributed by atoms with E-state index >= 15 is 4.39 Å². The van der Waals surface area contributed by atoms with Crippen LogP contribution in [0.4, 0.5) is 4.39 Å². The van der Waals surface area contributed by atoms with Gasteiger partial charge in [-0.1, -0.05) is 34.8 Å². The van der Waals surface area contributed by atoms with Crippen molar-refractivity contribution < 1.29 is 45.5 Å². The monoisotopic (exact) mass is 661 g/mol. The number of carbonyl (C=O) groups excluding carboxylic acids is 2. The molecule has 0 spiro atoms. The Kier molecular flexibility index (Phi) is 11.5. The van der Waals surface area contributed by atoms with E-state index in [2.05, 4.69) is 0 Å². The van der Waals surface area contributed by atoms with Gasteiger partial charge in [-0.2, -0.15) is 8.42 Å². The lowest BCUT2D eigenvalue weighted by atomic mass is 10.1. The standard InChI is InChI=1S/C27H23Cl3FNO9S/c1-37-17-7-3-15(4-8-17)26(33)39-14-23(41-42(35,36)24-12-20(29)19(28)11-21(24)30)25(22(31)13-32)40-27(34)16-5-9-18(38-2)10-6-16/h3-13,22-23,25,32H,14H2,1-2H3/t22-,23-,25+/m1/s1. The van der Waals surface area contributed by atoms with Crippen molar-refractivity contribution in [1.29, 1.82) is 5.41 Å². The number of hydrogen-bond acceptors (Lipinski definition) is 10. The quantitative estimate of drug-likeness (QED) is 0.104. The fourth-order valence-corrected chi connectivity index (χ4v) is 5.46. The summed E-state index contributed by atoms with van der Waals surface area (Å²) in [6.45, 7) is -0.933. The van der Waals surface area contributed by atoms with Crippen LogP contribution in [0.2, 0.25) is 15.1 Å². The third kappa shape index (κ3) is 8.33. The maximum absolute atomic E-state index is 15.1. The van der Waals surface area contributed by atoms with Gasteiger partial charge in [0, 0.05) is 6.21 Å². The number of carbonyl (C=O) groups is 2. The number of hydrogen-bond donors (Lipinski definition) is 1. The molecule has 0 bridgehead atoms. The number of nitrogens with one attached hydrogen (secondary N) is 1. The van der Waals surface area contributed by atoms with Gasteiger partial charge in [0.25, 0.3) is 10.1 Å². The fourth-order valence-electron chi connectivity index (χ4n) is 3.42. The molecule has 0 aliphatic rings. The van der Waals surface area contributed by atoms with Crippen LogP contribution in [-0.4, -0.2) is 65.8 Å². The van der Waals surface area contributed by atoms with Crippen molar-refractivity contribution in [2.75, 3.05) is 20.8 Å². The van der Waals surface area contributed by atoms with Gasteiger partial charge >= 0.3 is 11.9 Å². The van der Waals surface area contributed by atoms with E-state index < -0.39 is 51.9 Å². The zero-order valence-corrected chi connectivity index (χ0v) is 25.0. The Hall–Kier alpha value is -3.42. The molecule has 0 unspecified atom stereocenters. The lowest BCUT2D eigenvalue weighted by Gasteiger charge is -2.27. The highest BCUT2D eigenvalue weighted by Gasteiger charge is 2.39. The number of esters is 2. The first-order valence-corrected chi connectivity index (χ1v) is 14.3. The van der Waals surface area contributed by atoms with Crippen molar-refractivity contribution in [2.24, 2.45) is 0 Å². The Morgan fingerprint density at radius 3 is 1.86 bits per heavy atom. The Morgan fingerprint density at radius 1 is 0.857 bits per heavy atom. The number of rotatable bonds is 13. The Bertz CT molecular complexity index is 1540. The molecule has 0 saturated carbocycles. The number of halogens is 4. The highest BCUT2D eigenvalue weighted by Crippen LogP contribution is 2.33. The van der Waals surface area contributed by atoms with Gasteiger partial charge in [0.2, 0.25) is 0 Å². The maximum atomic E-state index is 15.1. The normalized spacial score (nSPS) is 13.4. The molecule has 0 aliphatic carbocycles. The van der Waals surface area contributed by atoms with Gasteiger partial charge in [0.15, 0.2) is 18.4 Å². The van der Waals surface area contributed by atoms with Crippen LogP contribution in [0.25, 0.3) is 0 Å². The minimum atomic E-state index is -4.88. The Balaban J connectivity index is 1.96. The number of alkyl halides is 1. The first-order chi connectivity index (χ1) is 19.9. The molecular weight excluding hydrogens is 640 g/mol. The minimum Gasteiger partial charge on any atom is -0.497 e. The Labute approximate surface area is 255 Å². The third-order valence-electron chi connectivity index (χ3n) is 5.61. The van der Waals surface area contributed by atoms with Gasteiger partial charge < -0.3 is 24.4 Å². The summed E-state index contributed by atoms with van der Waals surface area (Å²) in [7, 11) is -2.04. The second-order valence-corrected chi connectivity index (χ2v) is 11.1. The zero-order chi connectivity index (χ0) is 31.0. The molecule has 0 fully saturated rings. The van der Waals surface area contributed by atoms with E-state index in [0.717, 1.165) is 12.1 Å². The van der Waals surface area contributed by atoms with E-state index in [1.165, 1.54) is 62.8 Å². The van der Waals surface area contributed by atoms with Gasteiger partial charge in [-0.3, -0.25) is 4.18 Å². The van der Waals surface area contributed by atoms with Crippen molar-refractivity contribution in [2.45, 2.75) is 23.3 Å². The molecule has 10 nitrogen and oxygen atoms in total. The topological polar surface area (TPSA) is 138 Å². The van der Waals surface area contributed by atoms with Gasteiger partial charge in [0.05, 0.1) is 40.4 Å². The molecule has 0 amide bonds. The molecule has 0 aliphatic heterocycles. The van der Waals surface area contributed by atoms with Gasteiger partial charge in [-0.05, 0) is 60.7 Å². The molecule has 3 aromatic carbocycles. The maximum Gasteiger partial charge on any atom is 0.338 e. The summed E-state index contributed by atoms with van der Waals surface area (Å²) in [5.74, 6) is -1.16. The van der Waals surface area contributed by atoms with Crippen molar-refractivity contribution in [3.63, 3.8) is 0 Å². The van der Waals surface area contributed by atoms with E-state index in [1.807, 2.05) is 0 Å². The summed E-state index contributed by atoms with van der Waals surface area (Å²) < 4.78 is 67.4. The van der Waals surface area contributed by atoms with Crippen LogP contribution in [0.15, 0.2) is 65.6 Å². The molecular formula is C27H23Cl3FNO9S. The predicted molar refractivity (Wildman–Crippen MR) is 153 cm³/mol. The molecule has 0 radical (unpaired) electrons. The van der Waals surface area contributed by atoms with E-state index in [0.29, 0.717) is 11.5 Å². The molecule has 3 rings (SSSR count). The van der Waals surface area contributed by atoms with E-state index in [9.17, 15) is 18.0 Å². The van der Waals surface area contributed by atoms with E-state index in [-0.39, 0.29) is 32.4 Å². The molecule has 224 valence electrons. The summed E-state index contributed by atoms with van der Waals surface area (Å²) in [4.78, 5) is 25.0. The fraction of sp³-hybridized carbons (Fsp3) is 0.222. The summed E-state index contributed by atoms with van der Waals surface area (Å²) in [5.41, 5.74) is -0.0112. The summed E-state index contributed by atoms with van der Waals surface area (Å²) >= 11 is 17.9. The first-order valence-electron chi connectivity index (χ1n) is 11.8. The molecule has 42 heavy (non-hydrogen) atoms.